The number of methoxy groups -OCH3 is 1. The zero-order valence-electron chi connectivity index (χ0n) is 16.6. The number of amidine groups is 1. The smallest absolute Gasteiger partial charge is 0.251 e. The summed E-state index contributed by atoms with van der Waals surface area (Å²) in [6, 6.07) is 18.9. The average molecular weight is 404 g/mol. The number of aliphatic hydroxyl groups is 1. The van der Waals surface area contributed by atoms with Crippen LogP contribution in [0.1, 0.15) is 27.5 Å². The van der Waals surface area contributed by atoms with Crippen LogP contribution in [0.15, 0.2) is 66.7 Å². The minimum Gasteiger partial charge on any atom is -0.497 e. The zero-order valence-corrected chi connectivity index (χ0v) is 16.6. The molecule has 0 heterocycles. The predicted octanol–water partition coefficient (Wildman–Crippen LogP) is 2.69. The third-order valence-electron chi connectivity index (χ3n) is 4.79. The maximum Gasteiger partial charge on any atom is 0.251 e. The number of nitrogens with one attached hydrogen (secondary N) is 2. The van der Waals surface area contributed by atoms with Crippen molar-refractivity contribution in [2.75, 3.05) is 19.5 Å². The molecule has 0 aliphatic heterocycles. The van der Waals surface area contributed by atoms with Crippen LogP contribution in [0.4, 0.5) is 5.69 Å². The van der Waals surface area contributed by atoms with Crippen molar-refractivity contribution in [2.45, 2.75) is 6.04 Å². The van der Waals surface area contributed by atoms with Gasteiger partial charge in [-0.25, -0.2) is 0 Å². The van der Waals surface area contributed by atoms with Gasteiger partial charge >= 0.3 is 0 Å². The van der Waals surface area contributed by atoms with Gasteiger partial charge in [-0.1, -0.05) is 30.3 Å². The molecule has 3 rings (SSSR count). The van der Waals surface area contributed by atoms with E-state index >= 15 is 0 Å². The molecule has 0 saturated carbocycles. The molecule has 1 amide bonds. The van der Waals surface area contributed by atoms with Gasteiger partial charge in [0.05, 0.1) is 19.8 Å². The lowest BCUT2D eigenvalue weighted by molar-refractivity contribution is 0.0916. The molecule has 1 atom stereocenters. The van der Waals surface area contributed by atoms with E-state index in [0.717, 1.165) is 16.7 Å². The zero-order chi connectivity index (χ0) is 21.7. The standard InChI is InChI=1S/C23H24N4O3/c1-30-18-7-3-5-16(11-18)21(13-28)27-23(29)17-6-2-4-14(10-17)15-8-9-20(24)19(12-15)22(25)26/h2-12,21,28H,13,24H2,1H3,(H3,25,26)(H,27,29). The first-order chi connectivity index (χ1) is 14.4. The lowest BCUT2D eigenvalue weighted by Crippen LogP contribution is -2.30. The molecule has 7 heteroatoms. The van der Waals surface area contributed by atoms with Crippen LogP contribution < -0.4 is 21.5 Å². The summed E-state index contributed by atoms with van der Waals surface area (Å²) in [5.74, 6) is 0.208. The summed E-state index contributed by atoms with van der Waals surface area (Å²) in [4.78, 5) is 12.8. The highest BCUT2D eigenvalue weighted by Crippen LogP contribution is 2.25. The Labute approximate surface area is 174 Å². The first-order valence-electron chi connectivity index (χ1n) is 9.33. The molecule has 7 nitrogen and oxygen atoms in total. The number of nitrogen functional groups attached to an aromatic ring is 2. The minimum atomic E-state index is -0.572. The van der Waals surface area contributed by atoms with E-state index in [1.54, 1.807) is 55.6 Å². The Morgan fingerprint density at radius 1 is 1.10 bits per heavy atom. The second kappa shape index (κ2) is 9.11. The van der Waals surface area contributed by atoms with Gasteiger partial charge in [-0.05, 0) is 53.1 Å². The van der Waals surface area contributed by atoms with Crippen LogP contribution in [0.3, 0.4) is 0 Å². The predicted molar refractivity (Wildman–Crippen MR) is 118 cm³/mol. The molecule has 0 aliphatic carbocycles. The van der Waals surface area contributed by atoms with Crippen molar-refractivity contribution in [3.8, 4) is 16.9 Å². The number of carbonyl (C=O) groups excluding carboxylic acids is 1. The van der Waals surface area contributed by atoms with Gasteiger partial charge in [0.2, 0.25) is 0 Å². The molecule has 0 radical (unpaired) electrons. The number of hydrogen-bond donors (Lipinski definition) is 5. The summed E-state index contributed by atoms with van der Waals surface area (Å²) in [7, 11) is 1.56. The SMILES string of the molecule is COc1cccc(C(CO)NC(=O)c2cccc(-c3ccc(N)c(C(=N)N)c3)c2)c1. The van der Waals surface area contributed by atoms with Gasteiger partial charge in [-0.3, -0.25) is 10.2 Å². The molecule has 0 aromatic heterocycles. The van der Waals surface area contributed by atoms with Crippen LogP contribution in [-0.2, 0) is 0 Å². The molecular formula is C23H24N4O3. The number of amides is 1. The molecule has 154 valence electrons. The second-order valence-electron chi connectivity index (χ2n) is 6.78. The molecule has 0 bridgehead atoms. The van der Waals surface area contributed by atoms with Gasteiger partial charge in [0.1, 0.15) is 11.6 Å². The Balaban J connectivity index is 1.85. The van der Waals surface area contributed by atoms with Crippen molar-refractivity contribution in [1.82, 2.24) is 5.32 Å². The van der Waals surface area contributed by atoms with Crippen molar-refractivity contribution >= 4 is 17.4 Å². The lowest BCUT2D eigenvalue weighted by atomic mass is 9.99. The summed E-state index contributed by atoms with van der Waals surface area (Å²) >= 11 is 0. The van der Waals surface area contributed by atoms with E-state index in [9.17, 15) is 9.90 Å². The molecule has 1 unspecified atom stereocenters. The Morgan fingerprint density at radius 3 is 2.53 bits per heavy atom. The summed E-state index contributed by atoms with van der Waals surface area (Å²) in [6.07, 6.45) is 0. The van der Waals surface area contributed by atoms with Crippen molar-refractivity contribution in [3.05, 3.63) is 83.4 Å². The van der Waals surface area contributed by atoms with Crippen molar-refractivity contribution < 1.29 is 14.6 Å². The van der Waals surface area contributed by atoms with Crippen LogP contribution in [-0.4, -0.2) is 30.6 Å². The van der Waals surface area contributed by atoms with E-state index in [2.05, 4.69) is 5.32 Å². The number of rotatable bonds is 7. The van der Waals surface area contributed by atoms with Gasteiger partial charge in [0, 0.05) is 16.8 Å². The lowest BCUT2D eigenvalue weighted by Gasteiger charge is -2.18. The number of nitrogens with two attached hydrogens (primary N) is 2. The number of ether oxygens (including phenoxy) is 1. The summed E-state index contributed by atoms with van der Waals surface area (Å²) in [5, 5.41) is 20.3. The molecule has 0 spiro atoms. The third-order valence-corrected chi connectivity index (χ3v) is 4.79. The van der Waals surface area contributed by atoms with E-state index in [-0.39, 0.29) is 18.3 Å². The molecule has 0 fully saturated rings. The largest absolute Gasteiger partial charge is 0.497 e. The maximum atomic E-state index is 12.8. The summed E-state index contributed by atoms with van der Waals surface area (Å²) < 4.78 is 5.21. The van der Waals surface area contributed by atoms with Gasteiger partial charge < -0.3 is 26.6 Å². The molecule has 3 aromatic rings. The first kappa shape index (κ1) is 20.9. The number of aliphatic hydroxyl groups excluding tert-OH is 1. The fraction of sp³-hybridized carbons (Fsp3) is 0.130. The highest BCUT2D eigenvalue weighted by atomic mass is 16.5. The maximum absolute atomic E-state index is 12.8. The van der Waals surface area contributed by atoms with Gasteiger partial charge in [0.15, 0.2) is 0 Å². The molecule has 0 aliphatic rings. The van der Waals surface area contributed by atoms with E-state index in [1.807, 2.05) is 18.2 Å². The third kappa shape index (κ3) is 4.59. The first-order valence-corrected chi connectivity index (χ1v) is 9.33. The highest BCUT2D eigenvalue weighted by Gasteiger charge is 2.16. The normalized spacial score (nSPS) is 11.5. The number of anilines is 1. The minimum absolute atomic E-state index is 0.118. The van der Waals surface area contributed by atoms with Crippen LogP contribution >= 0.6 is 0 Å². The van der Waals surface area contributed by atoms with Gasteiger partial charge in [-0.2, -0.15) is 0 Å². The monoisotopic (exact) mass is 404 g/mol. The Kier molecular flexibility index (Phi) is 6.34. The van der Waals surface area contributed by atoms with Crippen molar-refractivity contribution in [3.63, 3.8) is 0 Å². The van der Waals surface area contributed by atoms with Gasteiger partial charge in [-0.15, -0.1) is 0 Å². The Morgan fingerprint density at radius 2 is 1.83 bits per heavy atom. The van der Waals surface area contributed by atoms with Crippen LogP contribution in [0, 0.1) is 5.41 Å². The molecule has 30 heavy (non-hydrogen) atoms. The highest BCUT2D eigenvalue weighted by molar-refractivity contribution is 6.01. The average Bonchev–Trinajstić information content (AvgIpc) is 2.77. The van der Waals surface area contributed by atoms with E-state index < -0.39 is 6.04 Å². The Hall–Kier alpha value is -3.84. The molecule has 3 aromatic carbocycles. The quantitative estimate of drug-likeness (QED) is 0.234. The fourth-order valence-corrected chi connectivity index (χ4v) is 3.14. The molecule has 7 N–H and O–H groups in total. The molecule has 0 saturated heterocycles. The summed E-state index contributed by atoms with van der Waals surface area (Å²) in [5.41, 5.74) is 15.1. The van der Waals surface area contributed by atoms with Crippen LogP contribution in [0.2, 0.25) is 0 Å². The van der Waals surface area contributed by atoms with Crippen LogP contribution in [0.5, 0.6) is 5.75 Å². The second-order valence-corrected chi connectivity index (χ2v) is 6.78. The number of carbonyl (C=O) groups is 1. The van der Waals surface area contributed by atoms with Crippen molar-refractivity contribution in [1.29, 1.82) is 5.41 Å². The van der Waals surface area contributed by atoms with E-state index in [4.69, 9.17) is 21.6 Å². The molecular weight excluding hydrogens is 380 g/mol. The Bertz CT molecular complexity index is 1080. The van der Waals surface area contributed by atoms with E-state index in [0.29, 0.717) is 22.6 Å². The van der Waals surface area contributed by atoms with Gasteiger partial charge in [0.25, 0.3) is 5.91 Å². The van der Waals surface area contributed by atoms with Crippen LogP contribution in [0.25, 0.3) is 11.1 Å². The number of benzene rings is 3. The number of hydrogen-bond acceptors (Lipinski definition) is 5. The van der Waals surface area contributed by atoms with Crippen molar-refractivity contribution in [2.24, 2.45) is 5.73 Å². The fourth-order valence-electron chi connectivity index (χ4n) is 3.14. The topological polar surface area (TPSA) is 134 Å². The summed E-state index contributed by atoms with van der Waals surface area (Å²) in [6.45, 7) is -0.251. The van der Waals surface area contributed by atoms with E-state index in [1.165, 1.54) is 0 Å².